The van der Waals surface area contributed by atoms with Crippen molar-refractivity contribution in [1.29, 1.82) is 5.26 Å². The van der Waals surface area contributed by atoms with Gasteiger partial charge in [0.1, 0.15) is 12.4 Å². The van der Waals surface area contributed by atoms with Gasteiger partial charge in [0.2, 0.25) is 0 Å². The van der Waals surface area contributed by atoms with Crippen molar-refractivity contribution in [2.45, 2.75) is 6.92 Å². The Balaban J connectivity index is 0.000000632. The summed E-state index contributed by atoms with van der Waals surface area (Å²) in [5, 5.41) is 20.3. The quantitative estimate of drug-likeness (QED) is 0.138. The van der Waals surface area contributed by atoms with Crippen molar-refractivity contribution in [2.24, 2.45) is 5.73 Å². The Kier molecular flexibility index (Phi) is 13.4. The third kappa shape index (κ3) is 10.1. The standard InChI is InChI=1S/C13H14N2O3.C8H10AsNO5.ClH/c1-17-13(16)5-4-11-3-2-10(9-15)8-12(11)18-7-6-14;1-5(11)10-8-6(9(13,14)15)3-2-4-7(8)12;/h2-5,8H,6-7,14H2,1H3;2-4,12H,1H3,(H,10,11)(H2,13,14,15);1H. The molecule has 0 spiro atoms. The van der Waals surface area contributed by atoms with Gasteiger partial charge in [-0.05, 0) is 24.3 Å². The third-order valence-electron chi connectivity index (χ3n) is 3.75. The van der Waals surface area contributed by atoms with Crippen LogP contribution in [-0.2, 0) is 18.1 Å². The molecular weight excluding hydrogens is 533 g/mol. The van der Waals surface area contributed by atoms with Gasteiger partial charge in [-0.25, -0.2) is 4.79 Å². The summed E-state index contributed by atoms with van der Waals surface area (Å²) in [6, 6.07) is 10.7. The molecule has 1 amide bonds. The van der Waals surface area contributed by atoms with Crippen LogP contribution in [0.1, 0.15) is 18.1 Å². The molecule has 0 saturated heterocycles. The monoisotopic (exact) mass is 557 g/mol. The van der Waals surface area contributed by atoms with Crippen LogP contribution in [0, 0.1) is 11.3 Å². The van der Waals surface area contributed by atoms with Crippen LogP contribution in [0.2, 0.25) is 0 Å². The van der Waals surface area contributed by atoms with E-state index in [1.54, 1.807) is 24.3 Å². The molecule has 13 heteroatoms. The number of hydrogen-bond acceptors (Lipinski definition) is 8. The number of carbonyl (C=O) groups is 2. The van der Waals surface area contributed by atoms with Crippen molar-refractivity contribution in [1.82, 2.24) is 0 Å². The van der Waals surface area contributed by atoms with Gasteiger partial charge in [0.15, 0.2) is 0 Å². The van der Waals surface area contributed by atoms with E-state index in [4.69, 9.17) is 23.9 Å². The van der Waals surface area contributed by atoms with Crippen molar-refractivity contribution in [3.8, 4) is 17.6 Å². The Morgan fingerprint density at radius 3 is 2.47 bits per heavy atom. The number of hydrogen-bond donors (Lipinski definition) is 5. The van der Waals surface area contributed by atoms with Crippen molar-refractivity contribution >= 4 is 54.6 Å². The largest absolute Gasteiger partial charge is 0.492 e. The molecule has 6 N–H and O–H groups in total. The number of nitrogens with zero attached hydrogens (tertiary/aromatic N) is 1. The Morgan fingerprint density at radius 1 is 1.26 bits per heavy atom. The van der Waals surface area contributed by atoms with Gasteiger partial charge in [-0.3, -0.25) is 0 Å². The van der Waals surface area contributed by atoms with E-state index in [2.05, 4.69) is 10.1 Å². The molecule has 0 fully saturated rings. The molecule has 0 radical (unpaired) electrons. The molecule has 0 aromatic heterocycles. The number of carbonyl (C=O) groups excluding carboxylic acids is 2. The van der Waals surface area contributed by atoms with E-state index in [1.165, 1.54) is 38.3 Å². The Labute approximate surface area is 205 Å². The minimum absolute atomic E-state index is 0. The molecule has 0 bridgehead atoms. The fourth-order valence-corrected chi connectivity index (χ4v) is 3.89. The van der Waals surface area contributed by atoms with Gasteiger partial charge in [0.05, 0.1) is 18.7 Å². The summed E-state index contributed by atoms with van der Waals surface area (Å²) in [5.74, 6) is -0.821. The van der Waals surface area contributed by atoms with Crippen molar-refractivity contribution in [3.63, 3.8) is 0 Å². The number of esters is 1. The number of aromatic hydroxyl groups is 1. The Hall–Kier alpha value is -3.26. The molecule has 2 rings (SSSR count). The second-order valence-electron chi connectivity index (χ2n) is 6.25. The zero-order valence-corrected chi connectivity index (χ0v) is 21.0. The summed E-state index contributed by atoms with van der Waals surface area (Å²) in [4.78, 5) is 21.8. The summed E-state index contributed by atoms with van der Waals surface area (Å²) >= 11 is -5.14. The van der Waals surface area contributed by atoms with E-state index in [0.717, 1.165) is 0 Å². The Morgan fingerprint density at radius 2 is 1.94 bits per heavy atom. The molecule has 184 valence electrons. The summed E-state index contributed by atoms with van der Waals surface area (Å²) in [6.07, 6.45) is 2.86. The van der Waals surface area contributed by atoms with Gasteiger partial charge in [0, 0.05) is 18.2 Å². The maximum atomic E-state index is 11.1. The van der Waals surface area contributed by atoms with Gasteiger partial charge in [-0.2, -0.15) is 5.26 Å². The molecule has 0 aliphatic carbocycles. The molecule has 11 nitrogen and oxygen atoms in total. The van der Waals surface area contributed by atoms with Crippen LogP contribution in [0.25, 0.3) is 6.08 Å². The van der Waals surface area contributed by atoms with Gasteiger partial charge in [0.25, 0.3) is 0 Å². The molecule has 0 heterocycles. The van der Waals surface area contributed by atoms with E-state index < -0.39 is 26.0 Å². The third-order valence-corrected chi connectivity index (χ3v) is 5.85. The summed E-state index contributed by atoms with van der Waals surface area (Å²) < 4.78 is 38.7. The Bertz CT molecular complexity index is 1110. The molecule has 34 heavy (non-hydrogen) atoms. The van der Waals surface area contributed by atoms with Crippen LogP contribution in [0.3, 0.4) is 0 Å². The number of phenolic OH excluding ortho intramolecular Hbond substituents is 1. The number of nitrogens with two attached hydrogens (primary N) is 1. The van der Waals surface area contributed by atoms with E-state index >= 15 is 0 Å². The van der Waals surface area contributed by atoms with Crippen LogP contribution in [-0.4, -0.2) is 59.6 Å². The maximum absolute atomic E-state index is 11.1. The SMILES string of the molecule is CC(=O)Nc1c(O)cccc1[As](=O)(O)O.COC(=O)C=Cc1ccc(C#N)cc1OCCN.Cl. The van der Waals surface area contributed by atoms with E-state index in [1.807, 2.05) is 6.07 Å². The molecule has 0 aliphatic rings. The van der Waals surface area contributed by atoms with Gasteiger partial charge < -0.3 is 15.2 Å². The molecular formula is C21H25AsClN3O8. The summed E-state index contributed by atoms with van der Waals surface area (Å²) in [7, 11) is 1.30. The van der Waals surface area contributed by atoms with E-state index in [-0.39, 0.29) is 28.2 Å². The van der Waals surface area contributed by atoms with Crippen molar-refractivity contribution in [3.05, 3.63) is 53.6 Å². The molecule has 0 unspecified atom stereocenters. The number of nitrogens with one attached hydrogen (secondary N) is 1. The number of nitriles is 1. The summed E-state index contributed by atoms with van der Waals surface area (Å²) in [6.45, 7) is 1.90. The second-order valence-corrected chi connectivity index (χ2v) is 9.55. The molecule has 0 saturated carbocycles. The van der Waals surface area contributed by atoms with Gasteiger partial charge in [-0.15, -0.1) is 12.4 Å². The van der Waals surface area contributed by atoms with E-state index in [9.17, 15) is 18.4 Å². The number of halogens is 1. The maximum Gasteiger partial charge on any atom is 0.330 e. The first-order chi connectivity index (χ1) is 15.5. The van der Waals surface area contributed by atoms with Crippen molar-refractivity contribution < 1.29 is 36.1 Å². The number of phenols is 1. The zero-order valence-electron chi connectivity index (χ0n) is 18.3. The molecule has 2 aromatic rings. The van der Waals surface area contributed by atoms with Crippen LogP contribution < -0.4 is 20.1 Å². The predicted octanol–water partition coefficient (Wildman–Crippen LogP) is 0.415. The van der Waals surface area contributed by atoms with Crippen LogP contribution >= 0.6 is 12.4 Å². The fraction of sp³-hybridized carbons (Fsp3) is 0.190. The molecule has 2 aromatic carbocycles. The summed E-state index contributed by atoms with van der Waals surface area (Å²) in [5.41, 5.74) is 6.31. The first-order valence-electron chi connectivity index (χ1n) is 9.32. The second kappa shape index (κ2) is 14.8. The average Bonchev–Trinajstić information content (AvgIpc) is 2.77. The number of methoxy groups -OCH3 is 1. The van der Waals surface area contributed by atoms with Crippen molar-refractivity contribution in [2.75, 3.05) is 25.6 Å². The number of rotatable bonds is 7. The average molecular weight is 558 g/mol. The van der Waals surface area contributed by atoms with Gasteiger partial charge >= 0.3 is 94.1 Å². The minimum atomic E-state index is -5.14. The minimum Gasteiger partial charge on any atom is -0.492 e. The number of benzene rings is 2. The topological polar surface area (TPSA) is 192 Å². The first kappa shape index (κ1) is 30.7. The van der Waals surface area contributed by atoms with Crippen LogP contribution in [0.15, 0.2) is 42.5 Å². The fourth-order valence-electron chi connectivity index (χ4n) is 2.34. The zero-order chi connectivity index (χ0) is 25.0. The number of anilines is 1. The van der Waals surface area contributed by atoms with E-state index in [0.29, 0.717) is 30.0 Å². The predicted molar refractivity (Wildman–Crippen MR) is 127 cm³/mol. The first-order valence-corrected chi connectivity index (χ1v) is 12.7. The number of amides is 1. The number of para-hydroxylation sites is 1. The molecule has 0 aliphatic heterocycles. The number of ether oxygens (including phenoxy) is 2. The van der Waals surface area contributed by atoms with Gasteiger partial charge in [-0.1, -0.05) is 0 Å². The smallest absolute Gasteiger partial charge is 0.330 e. The normalized spacial score (nSPS) is 10.2. The van der Waals surface area contributed by atoms with Crippen LogP contribution in [0.5, 0.6) is 11.5 Å². The van der Waals surface area contributed by atoms with Crippen LogP contribution in [0.4, 0.5) is 5.69 Å². The molecule has 0 atom stereocenters.